The number of carboxylic acid groups (broad SMARTS) is 1. The molecule has 1 unspecified atom stereocenters. The summed E-state index contributed by atoms with van der Waals surface area (Å²) in [6.45, 7) is 5.62. The van der Waals surface area contributed by atoms with Crippen LogP contribution in [0.15, 0.2) is 18.2 Å². The van der Waals surface area contributed by atoms with Crippen molar-refractivity contribution in [2.45, 2.75) is 33.2 Å². The molecule has 0 aliphatic carbocycles. The summed E-state index contributed by atoms with van der Waals surface area (Å²) < 4.78 is 0. The fourth-order valence-electron chi connectivity index (χ4n) is 1.86. The van der Waals surface area contributed by atoms with Gasteiger partial charge in [-0.2, -0.15) is 0 Å². The minimum atomic E-state index is -0.943. The number of anilines is 1. The third-order valence-electron chi connectivity index (χ3n) is 3.35. The van der Waals surface area contributed by atoms with Gasteiger partial charge in [0, 0.05) is 16.8 Å². The van der Waals surface area contributed by atoms with E-state index in [1.165, 1.54) is 0 Å². The van der Waals surface area contributed by atoms with Crippen molar-refractivity contribution in [3.8, 4) is 0 Å². The Hall–Kier alpha value is -1.59. The molecule has 2 N–H and O–H groups in total. The zero-order chi connectivity index (χ0) is 16.0. The van der Waals surface area contributed by atoms with Gasteiger partial charge in [0.25, 0.3) is 0 Å². The van der Waals surface area contributed by atoms with Crippen molar-refractivity contribution in [1.29, 1.82) is 0 Å². The number of nitrogens with zero attached hydrogens (tertiary/aromatic N) is 1. The first-order chi connectivity index (χ1) is 9.83. The highest BCUT2D eigenvalue weighted by Gasteiger charge is 2.18. The van der Waals surface area contributed by atoms with Gasteiger partial charge in [-0.3, -0.25) is 14.5 Å². The van der Waals surface area contributed by atoms with Crippen molar-refractivity contribution in [1.82, 2.24) is 4.90 Å². The fourth-order valence-corrected chi connectivity index (χ4v) is 2.04. The van der Waals surface area contributed by atoms with E-state index in [1.54, 1.807) is 17.0 Å². The van der Waals surface area contributed by atoms with Crippen molar-refractivity contribution in [3.05, 3.63) is 28.8 Å². The third-order valence-corrected chi connectivity index (χ3v) is 3.76. The number of carbonyl (C=O) groups is 2. The number of amides is 1. The Labute approximate surface area is 129 Å². The predicted octanol–water partition coefficient (Wildman–Crippen LogP) is 2.77. The lowest BCUT2D eigenvalue weighted by Crippen LogP contribution is -2.42. The van der Waals surface area contributed by atoms with E-state index < -0.39 is 5.97 Å². The number of benzene rings is 1. The Balaban J connectivity index is 2.68. The van der Waals surface area contributed by atoms with Crippen LogP contribution in [0, 0.1) is 6.92 Å². The molecule has 0 radical (unpaired) electrons. The molecule has 116 valence electrons. The molecule has 1 aromatic carbocycles. The van der Waals surface area contributed by atoms with Crippen LogP contribution in [-0.2, 0) is 9.59 Å². The van der Waals surface area contributed by atoms with Crippen LogP contribution in [0.5, 0.6) is 0 Å². The lowest BCUT2D eigenvalue weighted by Gasteiger charge is -2.25. The summed E-state index contributed by atoms with van der Waals surface area (Å²) in [6.07, 6.45) is 0.775. The monoisotopic (exact) mass is 312 g/mol. The van der Waals surface area contributed by atoms with Crippen LogP contribution >= 0.6 is 11.6 Å². The highest BCUT2D eigenvalue weighted by molar-refractivity contribution is 6.31. The van der Waals surface area contributed by atoms with Crippen LogP contribution in [-0.4, -0.2) is 41.0 Å². The molecular formula is C15H21ClN2O3. The fraction of sp³-hybridized carbons (Fsp3) is 0.467. The van der Waals surface area contributed by atoms with E-state index in [9.17, 15) is 9.59 Å². The van der Waals surface area contributed by atoms with Gasteiger partial charge in [0.1, 0.15) is 0 Å². The average Bonchev–Trinajstić information content (AvgIpc) is 2.40. The standard InChI is InChI=1S/C15H21ClN2O3/c1-4-11(3)18(9-15(20)21)8-14(19)17-12-6-5-10(2)13(16)7-12/h5-7,11H,4,8-9H2,1-3H3,(H,17,19)(H,20,21). The quantitative estimate of drug-likeness (QED) is 0.812. The van der Waals surface area contributed by atoms with Crippen molar-refractivity contribution < 1.29 is 14.7 Å². The van der Waals surface area contributed by atoms with Crippen LogP contribution in [0.3, 0.4) is 0 Å². The number of rotatable bonds is 7. The van der Waals surface area contributed by atoms with Crippen molar-refractivity contribution in [2.75, 3.05) is 18.4 Å². The molecule has 1 aromatic rings. The first-order valence-corrected chi connectivity index (χ1v) is 7.23. The number of aryl methyl sites for hydroxylation is 1. The summed E-state index contributed by atoms with van der Waals surface area (Å²) in [7, 11) is 0. The molecule has 0 spiro atoms. The summed E-state index contributed by atoms with van der Waals surface area (Å²) in [4.78, 5) is 24.5. The summed E-state index contributed by atoms with van der Waals surface area (Å²) in [5, 5.41) is 12.2. The average molecular weight is 313 g/mol. The highest BCUT2D eigenvalue weighted by atomic mass is 35.5. The molecule has 1 amide bonds. The Morgan fingerprint density at radius 1 is 1.38 bits per heavy atom. The normalized spacial score (nSPS) is 12.2. The second kappa shape index (κ2) is 8.00. The van der Waals surface area contributed by atoms with Gasteiger partial charge in [-0.1, -0.05) is 24.6 Å². The Morgan fingerprint density at radius 3 is 2.57 bits per heavy atom. The first-order valence-electron chi connectivity index (χ1n) is 6.85. The molecule has 0 aliphatic rings. The molecule has 0 bridgehead atoms. The number of carboxylic acids is 1. The molecule has 6 heteroatoms. The number of nitrogens with one attached hydrogen (secondary N) is 1. The lowest BCUT2D eigenvalue weighted by atomic mass is 10.2. The van der Waals surface area contributed by atoms with Crippen LogP contribution in [0.2, 0.25) is 5.02 Å². The van der Waals surface area contributed by atoms with Crippen molar-refractivity contribution >= 4 is 29.2 Å². The van der Waals surface area contributed by atoms with Crippen LogP contribution in [0.25, 0.3) is 0 Å². The van der Waals surface area contributed by atoms with Crippen LogP contribution in [0.4, 0.5) is 5.69 Å². The number of carbonyl (C=O) groups excluding carboxylic acids is 1. The minimum absolute atomic E-state index is 0.0217. The van der Waals surface area contributed by atoms with E-state index in [1.807, 2.05) is 26.8 Å². The number of hydrogen-bond donors (Lipinski definition) is 2. The molecule has 1 rings (SSSR count). The summed E-state index contributed by atoms with van der Waals surface area (Å²) in [5.74, 6) is -1.20. The van der Waals surface area contributed by atoms with Crippen molar-refractivity contribution in [3.63, 3.8) is 0 Å². The first kappa shape index (κ1) is 17.5. The molecule has 0 saturated carbocycles. The van der Waals surface area contributed by atoms with Crippen molar-refractivity contribution in [2.24, 2.45) is 0 Å². The molecule has 0 heterocycles. The molecule has 1 atom stereocenters. The highest BCUT2D eigenvalue weighted by Crippen LogP contribution is 2.19. The van der Waals surface area contributed by atoms with Crippen LogP contribution in [0.1, 0.15) is 25.8 Å². The van der Waals surface area contributed by atoms with E-state index >= 15 is 0 Å². The number of hydrogen-bond acceptors (Lipinski definition) is 3. The smallest absolute Gasteiger partial charge is 0.317 e. The minimum Gasteiger partial charge on any atom is -0.480 e. The second-order valence-electron chi connectivity index (χ2n) is 5.07. The SMILES string of the molecule is CCC(C)N(CC(=O)O)CC(=O)Nc1ccc(C)c(Cl)c1. The summed E-state index contributed by atoms with van der Waals surface area (Å²) in [5.41, 5.74) is 1.54. The van der Waals surface area contributed by atoms with E-state index in [0.717, 1.165) is 12.0 Å². The molecular weight excluding hydrogens is 292 g/mol. The van der Waals surface area contributed by atoms with Crippen LogP contribution < -0.4 is 5.32 Å². The Morgan fingerprint density at radius 2 is 2.05 bits per heavy atom. The van der Waals surface area contributed by atoms with Gasteiger partial charge in [-0.25, -0.2) is 0 Å². The van der Waals surface area contributed by atoms with Gasteiger partial charge in [0.2, 0.25) is 5.91 Å². The maximum atomic E-state index is 12.0. The molecule has 21 heavy (non-hydrogen) atoms. The zero-order valence-electron chi connectivity index (χ0n) is 12.5. The predicted molar refractivity (Wildman–Crippen MR) is 83.8 cm³/mol. The van der Waals surface area contributed by atoms with E-state index in [2.05, 4.69) is 5.32 Å². The number of aliphatic carboxylic acids is 1. The van der Waals surface area contributed by atoms with Gasteiger partial charge in [0.15, 0.2) is 0 Å². The zero-order valence-corrected chi connectivity index (χ0v) is 13.3. The Bertz CT molecular complexity index is 520. The van der Waals surface area contributed by atoms with Gasteiger partial charge in [0.05, 0.1) is 13.1 Å². The van der Waals surface area contributed by atoms with Gasteiger partial charge in [-0.15, -0.1) is 0 Å². The van der Waals surface area contributed by atoms with Gasteiger partial charge in [-0.05, 0) is 38.0 Å². The molecule has 0 aromatic heterocycles. The summed E-state index contributed by atoms with van der Waals surface area (Å²) in [6, 6.07) is 5.29. The van der Waals surface area contributed by atoms with E-state index in [4.69, 9.17) is 16.7 Å². The third kappa shape index (κ3) is 5.73. The molecule has 0 saturated heterocycles. The number of halogens is 1. The topological polar surface area (TPSA) is 69.6 Å². The maximum absolute atomic E-state index is 12.0. The Kier molecular flexibility index (Phi) is 6.65. The summed E-state index contributed by atoms with van der Waals surface area (Å²) >= 11 is 6.01. The van der Waals surface area contributed by atoms with E-state index in [-0.39, 0.29) is 25.0 Å². The molecule has 0 fully saturated rings. The maximum Gasteiger partial charge on any atom is 0.317 e. The molecule has 5 nitrogen and oxygen atoms in total. The van der Waals surface area contributed by atoms with Gasteiger partial charge >= 0.3 is 5.97 Å². The molecule has 0 aliphatic heterocycles. The lowest BCUT2D eigenvalue weighted by molar-refractivity contribution is -0.139. The van der Waals surface area contributed by atoms with Gasteiger partial charge < -0.3 is 10.4 Å². The van der Waals surface area contributed by atoms with E-state index in [0.29, 0.717) is 10.7 Å². The second-order valence-corrected chi connectivity index (χ2v) is 5.48. The largest absolute Gasteiger partial charge is 0.480 e.